The van der Waals surface area contributed by atoms with Crippen LogP contribution in [0.25, 0.3) is 27.5 Å². The van der Waals surface area contributed by atoms with E-state index in [-0.39, 0.29) is 18.2 Å². The van der Waals surface area contributed by atoms with Gasteiger partial charge in [-0.3, -0.25) is 9.48 Å². The number of halogens is 1. The summed E-state index contributed by atoms with van der Waals surface area (Å²) in [7, 11) is 0. The Morgan fingerprint density at radius 2 is 2.06 bits per heavy atom. The zero-order chi connectivity index (χ0) is 23.1. The Kier molecular flexibility index (Phi) is 4.89. The van der Waals surface area contributed by atoms with Crippen molar-refractivity contribution in [2.24, 2.45) is 0 Å². The smallest absolute Gasteiger partial charge is 0.325 e. The molecule has 0 bridgehead atoms. The van der Waals surface area contributed by atoms with Crippen molar-refractivity contribution in [3.05, 3.63) is 72.4 Å². The van der Waals surface area contributed by atoms with E-state index in [1.54, 1.807) is 41.5 Å². The van der Waals surface area contributed by atoms with Crippen molar-refractivity contribution in [2.75, 3.05) is 5.73 Å². The number of aliphatic carboxylic acids is 1. The lowest BCUT2D eigenvalue weighted by Gasteiger charge is -2.20. The Morgan fingerprint density at radius 1 is 1.21 bits per heavy atom. The van der Waals surface area contributed by atoms with Gasteiger partial charge >= 0.3 is 5.97 Å². The number of nitrogens with two attached hydrogens (primary N) is 1. The molecule has 0 saturated carbocycles. The molecule has 0 saturated heterocycles. The SMILES string of the molecule is C[C@H](Oc1cc2cc(F)ccc2nc1N)c1cc2c(cnn2CC(=O)O)cc1-n1cccn1. The molecule has 9 nitrogen and oxygen atoms in total. The number of fused-ring (bicyclic) bond motifs is 2. The fourth-order valence-corrected chi connectivity index (χ4v) is 3.81. The Labute approximate surface area is 186 Å². The monoisotopic (exact) mass is 446 g/mol. The number of carboxylic acid groups (broad SMARTS) is 1. The Morgan fingerprint density at radius 3 is 2.82 bits per heavy atom. The summed E-state index contributed by atoms with van der Waals surface area (Å²) in [5, 5.41) is 19.1. The zero-order valence-corrected chi connectivity index (χ0v) is 17.5. The summed E-state index contributed by atoms with van der Waals surface area (Å²) in [6.45, 7) is 1.56. The first-order valence-electron chi connectivity index (χ1n) is 10.1. The van der Waals surface area contributed by atoms with Crippen LogP contribution in [0.15, 0.2) is 61.1 Å². The number of carboxylic acids is 1. The van der Waals surface area contributed by atoms with Gasteiger partial charge < -0.3 is 15.6 Å². The highest BCUT2D eigenvalue weighted by Gasteiger charge is 2.19. The van der Waals surface area contributed by atoms with Gasteiger partial charge in [-0.15, -0.1) is 0 Å². The van der Waals surface area contributed by atoms with Crippen molar-refractivity contribution in [3.63, 3.8) is 0 Å². The van der Waals surface area contributed by atoms with Gasteiger partial charge in [0.05, 0.1) is 22.9 Å². The van der Waals surface area contributed by atoms with Gasteiger partial charge in [-0.25, -0.2) is 14.1 Å². The normalized spacial score (nSPS) is 12.3. The predicted octanol–water partition coefficient (Wildman–Crippen LogP) is 3.72. The van der Waals surface area contributed by atoms with E-state index < -0.39 is 12.1 Å². The molecule has 0 unspecified atom stereocenters. The minimum Gasteiger partial charge on any atom is -0.482 e. The number of carbonyl (C=O) groups is 1. The topological polar surface area (TPSA) is 121 Å². The summed E-state index contributed by atoms with van der Waals surface area (Å²) in [6, 6.07) is 11.4. The lowest BCUT2D eigenvalue weighted by Crippen LogP contribution is -2.12. The van der Waals surface area contributed by atoms with Crippen LogP contribution in [-0.4, -0.2) is 35.6 Å². The molecule has 0 aliphatic heterocycles. The molecule has 0 aliphatic carbocycles. The van der Waals surface area contributed by atoms with E-state index in [0.29, 0.717) is 22.2 Å². The van der Waals surface area contributed by atoms with Gasteiger partial charge in [0.1, 0.15) is 18.5 Å². The maximum atomic E-state index is 13.7. The molecule has 3 aromatic heterocycles. The van der Waals surface area contributed by atoms with Crippen molar-refractivity contribution in [1.82, 2.24) is 24.5 Å². The van der Waals surface area contributed by atoms with Crippen molar-refractivity contribution in [1.29, 1.82) is 0 Å². The largest absolute Gasteiger partial charge is 0.482 e. The molecule has 3 N–H and O–H groups in total. The highest BCUT2D eigenvalue weighted by Crippen LogP contribution is 2.33. The number of hydrogen-bond donors (Lipinski definition) is 2. The number of benzene rings is 2. The van der Waals surface area contributed by atoms with E-state index >= 15 is 0 Å². The molecule has 10 heteroatoms. The lowest BCUT2D eigenvalue weighted by atomic mass is 10.1. The van der Waals surface area contributed by atoms with E-state index in [0.717, 1.165) is 16.6 Å². The van der Waals surface area contributed by atoms with Crippen LogP contribution in [0.3, 0.4) is 0 Å². The standard InChI is InChI=1S/C23H19FN6O3/c1-13(33-21-9-14-7-16(24)3-4-18(14)28-23(21)25)17-10-19-15(11-27-30(19)12-22(31)32)8-20(17)29-6-2-5-26-29/h2-11,13H,12H2,1H3,(H2,25,28)(H,31,32)/t13-/m0/s1. The first-order chi connectivity index (χ1) is 15.9. The molecule has 0 aliphatic rings. The minimum atomic E-state index is -0.996. The van der Waals surface area contributed by atoms with Gasteiger partial charge in [0.15, 0.2) is 11.6 Å². The average Bonchev–Trinajstić information content (AvgIpc) is 3.44. The number of rotatable bonds is 6. The van der Waals surface area contributed by atoms with Crippen LogP contribution in [0.5, 0.6) is 5.75 Å². The summed E-state index contributed by atoms with van der Waals surface area (Å²) >= 11 is 0. The fraction of sp³-hybridized carbons (Fsp3) is 0.130. The van der Waals surface area contributed by atoms with Crippen molar-refractivity contribution in [2.45, 2.75) is 19.6 Å². The maximum absolute atomic E-state index is 13.7. The third-order valence-corrected chi connectivity index (χ3v) is 5.34. The molecular formula is C23H19FN6O3. The molecule has 0 amide bonds. The number of nitrogens with zero attached hydrogens (tertiary/aromatic N) is 5. The third-order valence-electron chi connectivity index (χ3n) is 5.34. The van der Waals surface area contributed by atoms with Crippen LogP contribution in [-0.2, 0) is 11.3 Å². The van der Waals surface area contributed by atoms with Crippen molar-refractivity contribution >= 4 is 33.6 Å². The fourth-order valence-electron chi connectivity index (χ4n) is 3.81. The average molecular weight is 446 g/mol. The molecule has 2 aromatic carbocycles. The lowest BCUT2D eigenvalue weighted by molar-refractivity contribution is -0.137. The first-order valence-corrected chi connectivity index (χ1v) is 10.1. The van der Waals surface area contributed by atoms with Crippen molar-refractivity contribution < 1.29 is 19.0 Å². The number of hydrogen-bond acceptors (Lipinski definition) is 6. The van der Waals surface area contributed by atoms with E-state index in [1.165, 1.54) is 16.8 Å². The third kappa shape index (κ3) is 3.82. The van der Waals surface area contributed by atoms with E-state index in [2.05, 4.69) is 15.2 Å². The van der Waals surface area contributed by atoms with Gasteiger partial charge in [-0.2, -0.15) is 10.2 Å². The first kappa shape index (κ1) is 20.4. The van der Waals surface area contributed by atoms with Crippen LogP contribution in [0.1, 0.15) is 18.6 Å². The molecule has 5 aromatic rings. The second-order valence-electron chi connectivity index (χ2n) is 7.59. The van der Waals surface area contributed by atoms with Gasteiger partial charge in [0.2, 0.25) is 0 Å². The van der Waals surface area contributed by atoms with Gasteiger partial charge in [-0.05, 0) is 49.4 Å². The number of nitrogen functional groups attached to an aromatic ring is 1. The van der Waals surface area contributed by atoms with Gasteiger partial charge in [-0.1, -0.05) is 0 Å². The molecule has 0 spiro atoms. The van der Waals surface area contributed by atoms with Crippen molar-refractivity contribution in [3.8, 4) is 11.4 Å². The molecular weight excluding hydrogens is 427 g/mol. The second kappa shape index (κ2) is 7.90. The quantitative estimate of drug-likeness (QED) is 0.408. The van der Waals surface area contributed by atoms with Crippen LogP contribution in [0, 0.1) is 5.82 Å². The summed E-state index contributed by atoms with van der Waals surface area (Å²) in [6.07, 6.45) is 4.54. The molecule has 5 rings (SSSR count). The molecule has 1 atom stereocenters. The molecule has 3 heterocycles. The number of anilines is 1. The maximum Gasteiger partial charge on any atom is 0.325 e. The Balaban J connectivity index is 1.60. The highest BCUT2D eigenvalue weighted by molar-refractivity contribution is 5.84. The van der Waals surface area contributed by atoms with Gasteiger partial charge in [0, 0.05) is 28.7 Å². The van der Waals surface area contributed by atoms with Crippen LogP contribution in [0.4, 0.5) is 10.2 Å². The summed E-state index contributed by atoms with van der Waals surface area (Å²) in [4.78, 5) is 15.6. The Bertz CT molecular complexity index is 1500. The van der Waals surface area contributed by atoms with E-state index in [9.17, 15) is 14.3 Å². The second-order valence-corrected chi connectivity index (χ2v) is 7.59. The molecule has 0 radical (unpaired) electrons. The molecule has 0 fully saturated rings. The number of aromatic nitrogens is 5. The summed E-state index contributed by atoms with van der Waals surface area (Å²) in [5.41, 5.74) is 8.79. The van der Waals surface area contributed by atoms with Gasteiger partial charge in [0.25, 0.3) is 0 Å². The molecule has 33 heavy (non-hydrogen) atoms. The zero-order valence-electron chi connectivity index (χ0n) is 17.5. The number of ether oxygens (including phenoxy) is 1. The van der Waals surface area contributed by atoms with E-state index in [4.69, 9.17) is 10.5 Å². The summed E-state index contributed by atoms with van der Waals surface area (Å²) in [5.74, 6) is -0.889. The predicted molar refractivity (Wildman–Crippen MR) is 120 cm³/mol. The van der Waals surface area contributed by atoms with E-state index in [1.807, 2.05) is 19.1 Å². The van der Waals surface area contributed by atoms with Crippen LogP contribution >= 0.6 is 0 Å². The minimum absolute atomic E-state index is 0.179. The highest BCUT2D eigenvalue weighted by atomic mass is 19.1. The Hall–Kier alpha value is -4.47. The summed E-state index contributed by atoms with van der Waals surface area (Å²) < 4.78 is 23.0. The molecule has 166 valence electrons. The van der Waals surface area contributed by atoms with Crippen LogP contribution < -0.4 is 10.5 Å². The van der Waals surface area contributed by atoms with Crippen LogP contribution in [0.2, 0.25) is 0 Å². The number of pyridine rings is 1.